The lowest BCUT2D eigenvalue weighted by molar-refractivity contribution is 0.0767. The molecule has 1 saturated heterocycles. The summed E-state index contributed by atoms with van der Waals surface area (Å²) in [5.74, 6) is 0.655. The summed E-state index contributed by atoms with van der Waals surface area (Å²) >= 11 is 1.89. The summed E-state index contributed by atoms with van der Waals surface area (Å²) in [4.78, 5) is 6.36. The molecular formula is C17H20N2OS. The highest BCUT2D eigenvalue weighted by atomic mass is 32.1. The molecule has 0 amide bonds. The summed E-state index contributed by atoms with van der Waals surface area (Å²) in [5.41, 5.74) is 2.80. The number of nitrogens with zero attached hydrogens (tertiary/aromatic N) is 1. The number of aryl methyl sites for hydroxylation is 1. The third-order valence-corrected chi connectivity index (χ3v) is 5.68. The van der Waals surface area contributed by atoms with E-state index in [0.29, 0.717) is 12.0 Å². The highest BCUT2D eigenvalue weighted by Gasteiger charge is 2.26. The number of thiazole rings is 1. The van der Waals surface area contributed by atoms with Gasteiger partial charge in [0.05, 0.1) is 24.9 Å². The first-order valence-corrected chi connectivity index (χ1v) is 8.56. The molecule has 1 aliphatic carbocycles. The zero-order valence-electron chi connectivity index (χ0n) is 12.0. The number of fused-ring (bicyclic) bond motifs is 1. The Labute approximate surface area is 129 Å². The van der Waals surface area contributed by atoms with Gasteiger partial charge >= 0.3 is 0 Å². The molecule has 2 unspecified atom stereocenters. The number of nitrogens with one attached hydrogen (secondary N) is 1. The van der Waals surface area contributed by atoms with Gasteiger partial charge in [0.1, 0.15) is 5.01 Å². The number of morpholine rings is 1. The smallest absolute Gasteiger partial charge is 0.112 e. The summed E-state index contributed by atoms with van der Waals surface area (Å²) < 4.78 is 5.56. The molecule has 4 heteroatoms. The molecule has 0 bridgehead atoms. The molecule has 1 N–H and O–H groups in total. The first-order chi connectivity index (χ1) is 10.4. The minimum atomic E-state index is 0.296. The van der Waals surface area contributed by atoms with Crippen molar-refractivity contribution in [1.82, 2.24) is 10.3 Å². The fourth-order valence-corrected chi connectivity index (χ4v) is 4.53. The van der Waals surface area contributed by atoms with E-state index in [9.17, 15) is 0 Å². The lowest BCUT2D eigenvalue weighted by atomic mass is 9.85. The van der Waals surface area contributed by atoms with Crippen LogP contribution in [0, 0.1) is 0 Å². The number of rotatable bonds is 2. The van der Waals surface area contributed by atoms with Crippen molar-refractivity contribution in [2.45, 2.75) is 31.2 Å². The molecule has 21 heavy (non-hydrogen) atoms. The summed E-state index contributed by atoms with van der Waals surface area (Å²) in [6, 6.07) is 11.2. The van der Waals surface area contributed by atoms with Gasteiger partial charge in [0.15, 0.2) is 0 Å². The van der Waals surface area contributed by atoms with Crippen LogP contribution in [0.5, 0.6) is 0 Å². The highest BCUT2D eigenvalue weighted by molar-refractivity contribution is 7.11. The molecule has 0 spiro atoms. The van der Waals surface area contributed by atoms with Gasteiger partial charge in [0, 0.05) is 11.4 Å². The monoisotopic (exact) mass is 300 g/mol. The molecule has 1 aliphatic heterocycles. The average Bonchev–Trinajstić information content (AvgIpc) is 2.99. The van der Waals surface area contributed by atoms with Crippen LogP contribution < -0.4 is 5.32 Å². The van der Waals surface area contributed by atoms with Crippen molar-refractivity contribution in [2.75, 3.05) is 19.8 Å². The zero-order valence-corrected chi connectivity index (χ0v) is 12.9. The second-order valence-corrected chi connectivity index (χ2v) is 6.97. The minimum absolute atomic E-state index is 0.296. The normalized spacial score (nSPS) is 25.5. The van der Waals surface area contributed by atoms with E-state index in [1.165, 1.54) is 27.6 Å². The molecule has 1 aromatic carbocycles. The fraction of sp³-hybridized carbons (Fsp3) is 0.471. The number of ether oxygens (including phenoxy) is 1. The quantitative estimate of drug-likeness (QED) is 0.925. The Morgan fingerprint density at radius 1 is 1.24 bits per heavy atom. The molecule has 2 atom stereocenters. The summed E-state index contributed by atoms with van der Waals surface area (Å²) in [6.45, 7) is 2.51. The number of aromatic nitrogens is 1. The molecule has 2 heterocycles. The van der Waals surface area contributed by atoms with Gasteiger partial charge in [-0.25, -0.2) is 4.98 Å². The molecule has 2 aliphatic rings. The predicted octanol–water partition coefficient (Wildman–Crippen LogP) is 3.08. The molecule has 0 radical (unpaired) electrons. The second kappa shape index (κ2) is 5.87. The summed E-state index contributed by atoms with van der Waals surface area (Å²) in [5, 5.41) is 4.73. The lowest BCUT2D eigenvalue weighted by Crippen LogP contribution is -2.34. The molecule has 4 rings (SSSR count). The van der Waals surface area contributed by atoms with Gasteiger partial charge in [0.25, 0.3) is 0 Å². The third-order valence-electron chi connectivity index (χ3n) is 4.45. The van der Waals surface area contributed by atoms with Gasteiger partial charge in [-0.1, -0.05) is 30.3 Å². The van der Waals surface area contributed by atoms with Crippen molar-refractivity contribution in [1.29, 1.82) is 0 Å². The molecule has 1 aromatic heterocycles. The van der Waals surface area contributed by atoms with Crippen molar-refractivity contribution < 1.29 is 4.74 Å². The summed E-state index contributed by atoms with van der Waals surface area (Å²) in [7, 11) is 0. The van der Waals surface area contributed by atoms with E-state index in [0.717, 1.165) is 32.6 Å². The SMILES string of the molecule is c1ccc(C2CCc3nc(C4COCCN4)sc3C2)cc1. The van der Waals surface area contributed by atoms with Crippen LogP contribution in [-0.2, 0) is 17.6 Å². The van der Waals surface area contributed by atoms with Crippen LogP contribution in [0.2, 0.25) is 0 Å². The maximum Gasteiger partial charge on any atom is 0.112 e. The van der Waals surface area contributed by atoms with E-state index in [-0.39, 0.29) is 0 Å². The lowest BCUT2D eigenvalue weighted by Gasteiger charge is -2.21. The van der Waals surface area contributed by atoms with Crippen LogP contribution >= 0.6 is 11.3 Å². The Hall–Kier alpha value is -1.23. The van der Waals surface area contributed by atoms with E-state index >= 15 is 0 Å². The van der Waals surface area contributed by atoms with Crippen LogP contribution in [0.3, 0.4) is 0 Å². The Bertz CT molecular complexity index is 605. The van der Waals surface area contributed by atoms with Crippen LogP contribution in [0.25, 0.3) is 0 Å². The number of benzene rings is 1. The topological polar surface area (TPSA) is 34.1 Å². The van der Waals surface area contributed by atoms with Crippen LogP contribution in [0.15, 0.2) is 30.3 Å². The highest BCUT2D eigenvalue weighted by Crippen LogP contribution is 2.37. The first-order valence-electron chi connectivity index (χ1n) is 7.74. The van der Waals surface area contributed by atoms with Crippen molar-refractivity contribution in [3.8, 4) is 0 Å². The van der Waals surface area contributed by atoms with Crippen molar-refractivity contribution in [2.24, 2.45) is 0 Å². The van der Waals surface area contributed by atoms with Crippen LogP contribution in [-0.4, -0.2) is 24.7 Å². The maximum atomic E-state index is 5.56. The molecule has 110 valence electrons. The zero-order chi connectivity index (χ0) is 14.1. The fourth-order valence-electron chi connectivity index (χ4n) is 3.28. The molecule has 1 fully saturated rings. The van der Waals surface area contributed by atoms with Gasteiger partial charge in [-0.2, -0.15) is 0 Å². The summed E-state index contributed by atoms with van der Waals surface area (Å²) in [6.07, 6.45) is 3.47. The Kier molecular flexibility index (Phi) is 3.76. The number of hydrogen-bond donors (Lipinski definition) is 1. The van der Waals surface area contributed by atoms with Gasteiger partial charge in [-0.05, 0) is 30.7 Å². The Morgan fingerprint density at radius 3 is 2.95 bits per heavy atom. The van der Waals surface area contributed by atoms with Crippen molar-refractivity contribution in [3.05, 3.63) is 51.5 Å². The maximum absolute atomic E-state index is 5.56. The van der Waals surface area contributed by atoms with E-state index in [1.54, 1.807) is 0 Å². The van der Waals surface area contributed by atoms with Crippen molar-refractivity contribution in [3.63, 3.8) is 0 Å². The van der Waals surface area contributed by atoms with E-state index in [2.05, 4.69) is 35.6 Å². The van der Waals surface area contributed by atoms with Gasteiger partial charge in [-0.3, -0.25) is 0 Å². The Morgan fingerprint density at radius 2 is 2.14 bits per heavy atom. The van der Waals surface area contributed by atoms with Crippen LogP contribution in [0.1, 0.15) is 39.5 Å². The predicted molar refractivity (Wildman–Crippen MR) is 84.9 cm³/mol. The minimum Gasteiger partial charge on any atom is -0.378 e. The van der Waals surface area contributed by atoms with Gasteiger partial charge < -0.3 is 10.1 Å². The van der Waals surface area contributed by atoms with Crippen LogP contribution in [0.4, 0.5) is 0 Å². The third kappa shape index (κ3) is 2.76. The number of hydrogen-bond acceptors (Lipinski definition) is 4. The molecule has 0 saturated carbocycles. The average molecular weight is 300 g/mol. The second-order valence-electron chi connectivity index (χ2n) is 5.85. The first kappa shape index (κ1) is 13.4. The molecular weight excluding hydrogens is 280 g/mol. The Balaban J connectivity index is 1.54. The van der Waals surface area contributed by atoms with Crippen molar-refractivity contribution >= 4 is 11.3 Å². The van der Waals surface area contributed by atoms with Gasteiger partial charge in [0.2, 0.25) is 0 Å². The van der Waals surface area contributed by atoms with E-state index < -0.39 is 0 Å². The van der Waals surface area contributed by atoms with Gasteiger partial charge in [-0.15, -0.1) is 11.3 Å². The largest absolute Gasteiger partial charge is 0.378 e. The van der Waals surface area contributed by atoms with E-state index in [4.69, 9.17) is 9.72 Å². The molecule has 3 nitrogen and oxygen atoms in total. The standard InChI is InChI=1S/C17H20N2OS/c1-2-4-12(5-3-1)13-6-7-14-16(10-13)21-17(19-14)15-11-20-9-8-18-15/h1-5,13,15,18H,6-11H2. The van der Waals surface area contributed by atoms with E-state index in [1.807, 2.05) is 11.3 Å². The molecule has 2 aromatic rings.